The third-order valence-corrected chi connectivity index (χ3v) is 4.79. The highest BCUT2D eigenvalue weighted by atomic mass is 32.1. The van der Waals surface area contributed by atoms with E-state index in [2.05, 4.69) is 28.6 Å². The highest BCUT2D eigenvalue weighted by molar-refractivity contribution is 7.80. The molecule has 0 heterocycles. The summed E-state index contributed by atoms with van der Waals surface area (Å²) in [6, 6.07) is -4.36. The number of hydrogen-bond acceptors (Lipinski definition) is 7. The van der Waals surface area contributed by atoms with Crippen molar-refractivity contribution < 1.29 is 29.4 Å². The molecule has 0 bridgehead atoms. The minimum Gasteiger partial charge on any atom is -0.480 e. The molecule has 0 aliphatic heterocycles. The van der Waals surface area contributed by atoms with Crippen molar-refractivity contribution in [3.05, 3.63) is 0 Å². The van der Waals surface area contributed by atoms with E-state index in [-0.39, 0.29) is 17.6 Å². The first kappa shape index (κ1) is 26.1. The van der Waals surface area contributed by atoms with Crippen LogP contribution in [0.25, 0.3) is 0 Å². The molecule has 0 spiro atoms. The van der Waals surface area contributed by atoms with Gasteiger partial charge in [-0.15, -0.1) is 0 Å². The fourth-order valence-corrected chi connectivity index (χ4v) is 2.42. The Balaban J connectivity index is 5.23. The summed E-state index contributed by atoms with van der Waals surface area (Å²) < 4.78 is 0. The Morgan fingerprint density at radius 1 is 0.964 bits per heavy atom. The van der Waals surface area contributed by atoms with Gasteiger partial charge in [0.1, 0.15) is 18.1 Å². The lowest BCUT2D eigenvalue weighted by atomic mass is 9.96. The van der Waals surface area contributed by atoms with Crippen molar-refractivity contribution in [1.82, 2.24) is 16.0 Å². The minimum atomic E-state index is -1.50. The van der Waals surface area contributed by atoms with Gasteiger partial charge in [-0.3, -0.25) is 14.4 Å². The maximum absolute atomic E-state index is 12.7. The molecule has 11 heteroatoms. The van der Waals surface area contributed by atoms with Gasteiger partial charge in [-0.05, 0) is 11.8 Å². The third-order valence-electron chi connectivity index (χ3n) is 4.43. The van der Waals surface area contributed by atoms with Crippen LogP contribution in [0.4, 0.5) is 0 Å². The molecule has 0 saturated carbocycles. The number of carbonyl (C=O) groups excluding carboxylic acids is 3. The Kier molecular flexibility index (Phi) is 11.7. The lowest BCUT2D eigenvalue weighted by Crippen LogP contribution is -2.59. The maximum Gasteiger partial charge on any atom is 0.328 e. The van der Waals surface area contributed by atoms with Gasteiger partial charge in [-0.25, -0.2) is 4.79 Å². The molecule has 0 radical (unpaired) electrons. The number of carbonyl (C=O) groups is 4. The maximum atomic E-state index is 12.7. The summed E-state index contributed by atoms with van der Waals surface area (Å²) in [5, 5.41) is 25.1. The van der Waals surface area contributed by atoms with E-state index in [1.807, 2.05) is 6.92 Å². The van der Waals surface area contributed by atoms with Gasteiger partial charge in [0.05, 0.1) is 12.6 Å². The number of nitrogens with two attached hydrogens (primary N) is 1. The fourth-order valence-electron chi connectivity index (χ4n) is 2.17. The van der Waals surface area contributed by atoms with Crippen molar-refractivity contribution in [2.24, 2.45) is 17.6 Å². The molecular formula is C17H32N4O6S. The molecule has 7 N–H and O–H groups in total. The molecular weight excluding hydrogens is 388 g/mol. The zero-order chi connectivity index (χ0) is 22.0. The predicted molar refractivity (Wildman–Crippen MR) is 107 cm³/mol. The zero-order valence-corrected chi connectivity index (χ0v) is 17.5. The fraction of sp³-hybridized carbons (Fsp3) is 0.765. The van der Waals surface area contributed by atoms with Crippen LogP contribution in [0.3, 0.4) is 0 Å². The summed E-state index contributed by atoms with van der Waals surface area (Å²) >= 11 is 4.01. The first-order chi connectivity index (χ1) is 13.0. The Morgan fingerprint density at radius 2 is 1.50 bits per heavy atom. The van der Waals surface area contributed by atoms with Crippen LogP contribution >= 0.6 is 12.6 Å². The van der Waals surface area contributed by atoms with E-state index in [0.29, 0.717) is 6.42 Å². The van der Waals surface area contributed by atoms with Gasteiger partial charge in [0.2, 0.25) is 17.7 Å². The molecule has 0 fully saturated rings. The van der Waals surface area contributed by atoms with E-state index in [4.69, 9.17) is 15.9 Å². The molecule has 10 nitrogen and oxygen atoms in total. The molecule has 0 aromatic carbocycles. The average molecular weight is 421 g/mol. The Labute approximate surface area is 170 Å². The number of aliphatic hydroxyl groups excluding tert-OH is 1. The van der Waals surface area contributed by atoms with Crippen LogP contribution in [0, 0.1) is 11.8 Å². The number of thiol groups is 1. The van der Waals surface area contributed by atoms with Crippen LogP contribution in [0.5, 0.6) is 0 Å². The van der Waals surface area contributed by atoms with Gasteiger partial charge >= 0.3 is 5.97 Å². The normalized spacial score (nSPS) is 16.4. The molecule has 5 unspecified atom stereocenters. The van der Waals surface area contributed by atoms with Crippen LogP contribution in [0.1, 0.15) is 34.1 Å². The van der Waals surface area contributed by atoms with Crippen molar-refractivity contribution in [3.63, 3.8) is 0 Å². The summed E-state index contributed by atoms with van der Waals surface area (Å²) in [7, 11) is 0. The summed E-state index contributed by atoms with van der Waals surface area (Å²) in [6.45, 7) is 6.38. The number of carboxylic acids is 1. The van der Waals surface area contributed by atoms with Crippen molar-refractivity contribution in [3.8, 4) is 0 Å². The number of amides is 3. The van der Waals surface area contributed by atoms with E-state index in [0.717, 1.165) is 0 Å². The minimum absolute atomic E-state index is 0.109. The molecule has 0 rings (SSSR count). The molecule has 0 aromatic rings. The summed E-state index contributed by atoms with van der Waals surface area (Å²) in [6.07, 6.45) is 0.582. The Hall–Kier alpha value is -1.85. The van der Waals surface area contributed by atoms with Gasteiger partial charge in [0.25, 0.3) is 0 Å². The Bertz CT molecular complexity index is 560. The molecule has 0 saturated heterocycles. The Morgan fingerprint density at radius 3 is 1.89 bits per heavy atom. The first-order valence-corrected chi connectivity index (χ1v) is 9.74. The third kappa shape index (κ3) is 8.03. The molecule has 3 amide bonds. The monoisotopic (exact) mass is 420 g/mol. The second-order valence-electron chi connectivity index (χ2n) is 6.97. The summed E-state index contributed by atoms with van der Waals surface area (Å²) in [5.74, 6) is -3.77. The van der Waals surface area contributed by atoms with Gasteiger partial charge in [0.15, 0.2) is 0 Å². The average Bonchev–Trinajstić information content (AvgIpc) is 2.65. The van der Waals surface area contributed by atoms with Gasteiger partial charge in [0, 0.05) is 5.75 Å². The molecule has 0 aliphatic rings. The number of rotatable bonds is 12. The van der Waals surface area contributed by atoms with Gasteiger partial charge in [-0.1, -0.05) is 34.1 Å². The van der Waals surface area contributed by atoms with E-state index >= 15 is 0 Å². The summed E-state index contributed by atoms with van der Waals surface area (Å²) in [4.78, 5) is 48.1. The zero-order valence-electron chi connectivity index (χ0n) is 16.6. The SMILES string of the molecule is CCC(C)C(NC(=O)C(N)C(C)C)C(=O)NC(CS)C(=O)NC(CO)C(=O)O. The first-order valence-electron chi connectivity index (χ1n) is 9.11. The van der Waals surface area contributed by atoms with E-state index in [1.54, 1.807) is 20.8 Å². The van der Waals surface area contributed by atoms with Gasteiger partial charge < -0.3 is 31.9 Å². The number of aliphatic carboxylic acids is 1. The number of nitrogens with one attached hydrogen (secondary N) is 3. The second-order valence-corrected chi connectivity index (χ2v) is 7.33. The van der Waals surface area contributed by atoms with Crippen molar-refractivity contribution in [1.29, 1.82) is 0 Å². The van der Waals surface area contributed by atoms with E-state index in [1.165, 1.54) is 0 Å². The molecule has 0 aromatic heterocycles. The standard InChI is InChI=1S/C17H32N4O6S/c1-5-9(4)13(21-15(24)12(18)8(2)3)16(25)20-11(7-28)14(23)19-10(6-22)17(26)27/h8-13,22,28H,5-7,18H2,1-4H3,(H,19,23)(H,20,25)(H,21,24)(H,26,27). The van der Waals surface area contributed by atoms with Crippen molar-refractivity contribution in [2.45, 2.75) is 58.3 Å². The smallest absolute Gasteiger partial charge is 0.328 e. The van der Waals surface area contributed by atoms with E-state index < -0.39 is 54.5 Å². The molecule has 5 atom stereocenters. The highest BCUT2D eigenvalue weighted by Crippen LogP contribution is 2.10. The number of hydrogen-bond donors (Lipinski definition) is 7. The van der Waals surface area contributed by atoms with Crippen LogP contribution in [0.2, 0.25) is 0 Å². The van der Waals surface area contributed by atoms with Crippen LogP contribution < -0.4 is 21.7 Å². The van der Waals surface area contributed by atoms with Crippen LogP contribution in [-0.2, 0) is 19.2 Å². The van der Waals surface area contributed by atoms with Crippen LogP contribution in [-0.4, -0.2) is 70.4 Å². The molecule has 28 heavy (non-hydrogen) atoms. The van der Waals surface area contributed by atoms with Crippen LogP contribution in [0.15, 0.2) is 0 Å². The highest BCUT2D eigenvalue weighted by Gasteiger charge is 2.32. The quantitative estimate of drug-likeness (QED) is 0.188. The summed E-state index contributed by atoms with van der Waals surface area (Å²) in [5.41, 5.74) is 5.82. The van der Waals surface area contributed by atoms with Crippen molar-refractivity contribution >= 4 is 36.3 Å². The second kappa shape index (κ2) is 12.6. The topological polar surface area (TPSA) is 171 Å². The van der Waals surface area contributed by atoms with Gasteiger partial charge in [-0.2, -0.15) is 12.6 Å². The molecule has 0 aliphatic carbocycles. The predicted octanol–water partition coefficient (Wildman–Crippen LogP) is -1.52. The lowest BCUT2D eigenvalue weighted by molar-refractivity contribution is -0.143. The number of aliphatic hydroxyl groups is 1. The lowest BCUT2D eigenvalue weighted by Gasteiger charge is -2.28. The van der Waals surface area contributed by atoms with Crippen molar-refractivity contribution in [2.75, 3.05) is 12.4 Å². The number of carboxylic acid groups (broad SMARTS) is 1. The largest absolute Gasteiger partial charge is 0.480 e. The van der Waals surface area contributed by atoms with E-state index in [9.17, 15) is 19.2 Å². The molecule has 162 valence electrons.